The smallest absolute Gasteiger partial charge is 0.258 e. The molecule has 0 atom stereocenters. The summed E-state index contributed by atoms with van der Waals surface area (Å²) in [5.41, 5.74) is 7.34. The summed E-state index contributed by atoms with van der Waals surface area (Å²) in [7, 11) is 0. The van der Waals surface area contributed by atoms with Gasteiger partial charge in [-0.25, -0.2) is 0 Å². The predicted molar refractivity (Wildman–Crippen MR) is 82.8 cm³/mol. The number of halogens is 1. The number of anilines is 1. The molecule has 1 aromatic carbocycles. The normalized spacial score (nSPS) is 11.2. The second kappa shape index (κ2) is 6.43. The van der Waals surface area contributed by atoms with Crippen molar-refractivity contribution < 1.29 is 4.52 Å². The number of nitrogens with two attached hydrogens (primary N) is 1. The summed E-state index contributed by atoms with van der Waals surface area (Å²) < 4.78 is 6.12. The Labute approximate surface area is 125 Å². The van der Waals surface area contributed by atoms with E-state index in [0.29, 0.717) is 17.5 Å². The van der Waals surface area contributed by atoms with Gasteiger partial charge in [0.2, 0.25) is 0 Å². The van der Waals surface area contributed by atoms with Crippen molar-refractivity contribution in [2.75, 3.05) is 11.5 Å². The van der Waals surface area contributed by atoms with E-state index in [4.69, 9.17) is 10.3 Å². The van der Waals surface area contributed by atoms with E-state index in [1.54, 1.807) is 0 Å². The highest BCUT2D eigenvalue weighted by Gasteiger charge is 2.10. The molecule has 2 N–H and O–H groups in total. The van der Waals surface area contributed by atoms with Gasteiger partial charge >= 0.3 is 0 Å². The van der Waals surface area contributed by atoms with Crippen molar-refractivity contribution in [1.82, 2.24) is 10.1 Å². The third kappa shape index (κ3) is 3.98. The average Bonchev–Trinajstić information content (AvgIpc) is 2.81. The van der Waals surface area contributed by atoms with Crippen molar-refractivity contribution in [2.45, 2.75) is 19.6 Å². The van der Waals surface area contributed by atoms with Gasteiger partial charge in [0.25, 0.3) is 5.89 Å². The van der Waals surface area contributed by atoms with Gasteiger partial charge in [-0.3, -0.25) is 0 Å². The molecular weight excluding hydrogens is 326 g/mol. The molecule has 0 saturated carbocycles. The molecule has 0 aliphatic heterocycles. The van der Waals surface area contributed by atoms with Crippen LogP contribution in [0.4, 0.5) is 5.69 Å². The molecule has 6 heteroatoms. The maximum Gasteiger partial charge on any atom is 0.258 e. The van der Waals surface area contributed by atoms with E-state index in [-0.39, 0.29) is 0 Å². The van der Waals surface area contributed by atoms with Crippen LogP contribution >= 0.6 is 27.7 Å². The molecular formula is C13H16BrN3OS. The van der Waals surface area contributed by atoms with Crippen LogP contribution in [0.5, 0.6) is 0 Å². The molecule has 0 radical (unpaired) electrons. The molecule has 0 aliphatic rings. The standard InChI is InChI=1S/C13H16BrN3OS/c1-8(2)6-19-7-12-16-13(18-17-12)9-3-4-10(14)11(15)5-9/h3-5,8H,6-7,15H2,1-2H3. The average molecular weight is 342 g/mol. The van der Waals surface area contributed by atoms with Gasteiger partial charge in [-0.1, -0.05) is 19.0 Å². The first kappa shape index (κ1) is 14.4. The topological polar surface area (TPSA) is 64.9 Å². The Bertz CT molecular complexity index is 557. The van der Waals surface area contributed by atoms with E-state index in [1.807, 2.05) is 30.0 Å². The number of nitrogens with zero attached hydrogens (tertiary/aromatic N) is 2. The van der Waals surface area contributed by atoms with Crippen LogP contribution in [0.3, 0.4) is 0 Å². The summed E-state index contributed by atoms with van der Waals surface area (Å²) in [5.74, 6) is 3.77. The number of aromatic nitrogens is 2. The van der Waals surface area contributed by atoms with Gasteiger partial charge in [-0.15, -0.1) is 0 Å². The van der Waals surface area contributed by atoms with Gasteiger partial charge < -0.3 is 10.3 Å². The minimum Gasteiger partial charge on any atom is -0.398 e. The summed E-state index contributed by atoms with van der Waals surface area (Å²) in [6.07, 6.45) is 0. The minimum absolute atomic E-state index is 0.513. The summed E-state index contributed by atoms with van der Waals surface area (Å²) in [6.45, 7) is 4.39. The molecule has 0 spiro atoms. The van der Waals surface area contributed by atoms with Gasteiger partial charge in [0.1, 0.15) is 0 Å². The zero-order chi connectivity index (χ0) is 13.8. The molecule has 0 aliphatic carbocycles. The molecule has 1 heterocycles. The minimum atomic E-state index is 0.513. The molecule has 102 valence electrons. The van der Waals surface area contributed by atoms with Crippen LogP contribution in [0.2, 0.25) is 0 Å². The van der Waals surface area contributed by atoms with E-state index >= 15 is 0 Å². The fourth-order valence-corrected chi connectivity index (χ4v) is 2.63. The van der Waals surface area contributed by atoms with Crippen LogP contribution in [0.25, 0.3) is 11.5 Å². The number of benzene rings is 1. The Morgan fingerprint density at radius 2 is 2.21 bits per heavy atom. The molecule has 2 rings (SSSR count). The third-order valence-corrected chi connectivity index (χ3v) is 4.48. The zero-order valence-electron chi connectivity index (χ0n) is 10.9. The Morgan fingerprint density at radius 1 is 1.42 bits per heavy atom. The van der Waals surface area contributed by atoms with E-state index in [2.05, 4.69) is 39.9 Å². The highest BCUT2D eigenvalue weighted by Crippen LogP contribution is 2.26. The molecule has 0 bridgehead atoms. The predicted octanol–water partition coefficient (Wildman–Crippen LogP) is 3.97. The van der Waals surface area contributed by atoms with Gasteiger partial charge in [0.05, 0.1) is 5.75 Å². The molecule has 0 fully saturated rings. The van der Waals surface area contributed by atoms with Crippen LogP contribution in [0.1, 0.15) is 19.7 Å². The number of rotatable bonds is 5. The maximum atomic E-state index is 5.84. The summed E-state index contributed by atoms with van der Waals surface area (Å²) in [4.78, 5) is 4.38. The lowest BCUT2D eigenvalue weighted by atomic mass is 10.2. The van der Waals surface area contributed by atoms with Crippen LogP contribution in [0.15, 0.2) is 27.2 Å². The summed E-state index contributed by atoms with van der Waals surface area (Å²) in [6, 6.07) is 5.60. The lowest BCUT2D eigenvalue weighted by molar-refractivity contribution is 0.425. The van der Waals surface area contributed by atoms with Crippen molar-refractivity contribution in [3.05, 3.63) is 28.5 Å². The van der Waals surface area contributed by atoms with Crippen molar-refractivity contribution in [2.24, 2.45) is 5.92 Å². The molecule has 1 aromatic heterocycles. The Kier molecular flexibility index (Phi) is 4.87. The largest absolute Gasteiger partial charge is 0.398 e. The Hall–Kier alpha value is -1.01. The van der Waals surface area contributed by atoms with Gasteiger partial charge in [-0.05, 0) is 45.8 Å². The first-order valence-corrected chi connectivity index (χ1v) is 7.96. The summed E-state index contributed by atoms with van der Waals surface area (Å²) >= 11 is 5.17. The van der Waals surface area contributed by atoms with Crippen LogP contribution in [-0.2, 0) is 5.75 Å². The zero-order valence-corrected chi connectivity index (χ0v) is 13.3. The van der Waals surface area contributed by atoms with E-state index in [9.17, 15) is 0 Å². The summed E-state index contributed by atoms with van der Waals surface area (Å²) in [5, 5.41) is 3.98. The maximum absolute atomic E-state index is 5.84. The first-order chi connectivity index (χ1) is 9.06. The van der Waals surface area contributed by atoms with Crippen LogP contribution in [-0.4, -0.2) is 15.9 Å². The number of hydrogen-bond donors (Lipinski definition) is 1. The van der Waals surface area contributed by atoms with Crippen molar-refractivity contribution in [3.8, 4) is 11.5 Å². The van der Waals surface area contributed by atoms with Crippen molar-refractivity contribution in [3.63, 3.8) is 0 Å². The van der Waals surface area contributed by atoms with E-state index < -0.39 is 0 Å². The quantitative estimate of drug-likeness (QED) is 0.833. The van der Waals surface area contributed by atoms with E-state index in [1.165, 1.54) is 0 Å². The first-order valence-electron chi connectivity index (χ1n) is 6.02. The highest BCUT2D eigenvalue weighted by molar-refractivity contribution is 9.10. The molecule has 2 aromatic rings. The van der Waals surface area contributed by atoms with Gasteiger partial charge in [0, 0.05) is 15.7 Å². The molecule has 0 amide bonds. The van der Waals surface area contributed by atoms with Gasteiger partial charge in [-0.2, -0.15) is 16.7 Å². The Morgan fingerprint density at radius 3 is 2.89 bits per heavy atom. The monoisotopic (exact) mass is 341 g/mol. The second-order valence-electron chi connectivity index (χ2n) is 4.66. The van der Waals surface area contributed by atoms with Crippen LogP contribution < -0.4 is 5.73 Å². The number of thioether (sulfide) groups is 1. The third-order valence-electron chi connectivity index (χ3n) is 2.39. The fraction of sp³-hybridized carbons (Fsp3) is 0.385. The molecule has 0 saturated heterocycles. The Balaban J connectivity index is 2.05. The number of hydrogen-bond acceptors (Lipinski definition) is 5. The van der Waals surface area contributed by atoms with Crippen LogP contribution in [0, 0.1) is 5.92 Å². The van der Waals surface area contributed by atoms with E-state index in [0.717, 1.165) is 27.4 Å². The second-order valence-corrected chi connectivity index (χ2v) is 6.55. The van der Waals surface area contributed by atoms with Gasteiger partial charge in [0.15, 0.2) is 5.82 Å². The highest BCUT2D eigenvalue weighted by atomic mass is 79.9. The molecule has 0 unspecified atom stereocenters. The molecule has 19 heavy (non-hydrogen) atoms. The lowest BCUT2D eigenvalue weighted by Crippen LogP contribution is -1.92. The fourth-order valence-electron chi connectivity index (χ4n) is 1.49. The SMILES string of the molecule is CC(C)CSCc1noc(-c2ccc(Br)c(N)c2)n1. The number of nitrogen functional groups attached to an aromatic ring is 1. The molecule has 4 nitrogen and oxygen atoms in total. The van der Waals surface area contributed by atoms with Crippen molar-refractivity contribution in [1.29, 1.82) is 0 Å². The van der Waals surface area contributed by atoms with Crippen molar-refractivity contribution >= 4 is 33.4 Å². The lowest BCUT2D eigenvalue weighted by Gasteiger charge is -2.00.